The molecule has 0 spiro atoms. The Balaban J connectivity index is 1.88. The molecule has 0 bridgehead atoms. The van der Waals surface area contributed by atoms with Crippen molar-refractivity contribution < 1.29 is 9.59 Å². The fraction of sp³-hybridized carbons (Fsp3) is 0.353. The second kappa shape index (κ2) is 5.87. The molecule has 1 atom stereocenters. The summed E-state index contributed by atoms with van der Waals surface area (Å²) < 4.78 is 1.74. The first kappa shape index (κ1) is 15.3. The zero-order chi connectivity index (χ0) is 16.6. The number of hydrogen-bond donors (Lipinski definition) is 1. The molecule has 0 radical (unpaired) electrons. The first-order valence-corrected chi connectivity index (χ1v) is 7.74. The van der Waals surface area contributed by atoms with Crippen LogP contribution in [0, 0.1) is 6.92 Å². The molecule has 6 nitrogen and oxygen atoms in total. The van der Waals surface area contributed by atoms with Gasteiger partial charge in [0.25, 0.3) is 0 Å². The molecule has 1 aliphatic rings. The van der Waals surface area contributed by atoms with Gasteiger partial charge >= 0.3 is 0 Å². The van der Waals surface area contributed by atoms with Gasteiger partial charge in [0, 0.05) is 31.1 Å². The van der Waals surface area contributed by atoms with E-state index in [2.05, 4.69) is 10.4 Å². The van der Waals surface area contributed by atoms with Crippen molar-refractivity contribution in [2.75, 3.05) is 10.2 Å². The highest BCUT2D eigenvalue weighted by atomic mass is 16.2. The van der Waals surface area contributed by atoms with E-state index in [9.17, 15) is 9.59 Å². The molecule has 0 saturated heterocycles. The Morgan fingerprint density at radius 2 is 2.09 bits per heavy atom. The largest absolute Gasteiger partial charge is 0.309 e. The second-order valence-electron chi connectivity index (χ2n) is 5.72. The molecule has 0 unspecified atom stereocenters. The van der Waals surface area contributed by atoms with Gasteiger partial charge in [0.1, 0.15) is 11.9 Å². The third kappa shape index (κ3) is 2.60. The topological polar surface area (TPSA) is 67.2 Å². The summed E-state index contributed by atoms with van der Waals surface area (Å²) in [6.45, 7) is 6.03. The SMILES string of the molecule is CCn1ncc(C)c1NC(=O)[C@@H]1Cc2ccccc2N1C(C)=O. The Hall–Kier alpha value is -2.63. The van der Waals surface area contributed by atoms with Gasteiger partial charge in [-0.05, 0) is 25.5 Å². The van der Waals surface area contributed by atoms with Crippen LogP contribution in [0.5, 0.6) is 0 Å². The van der Waals surface area contributed by atoms with Gasteiger partial charge in [0.05, 0.1) is 6.20 Å². The van der Waals surface area contributed by atoms with Gasteiger partial charge in [-0.3, -0.25) is 14.5 Å². The number of aryl methyl sites for hydroxylation is 2. The minimum atomic E-state index is -0.524. The quantitative estimate of drug-likeness (QED) is 0.944. The smallest absolute Gasteiger partial charge is 0.249 e. The molecule has 2 heterocycles. The number of rotatable bonds is 3. The van der Waals surface area contributed by atoms with Crippen molar-refractivity contribution in [1.29, 1.82) is 0 Å². The minimum Gasteiger partial charge on any atom is -0.309 e. The van der Waals surface area contributed by atoms with Gasteiger partial charge in [0.15, 0.2) is 0 Å². The molecule has 0 fully saturated rings. The fourth-order valence-electron chi connectivity index (χ4n) is 3.07. The maximum atomic E-state index is 12.8. The number of benzene rings is 1. The van der Waals surface area contributed by atoms with Gasteiger partial charge in [0.2, 0.25) is 11.8 Å². The lowest BCUT2D eigenvalue weighted by Gasteiger charge is -2.23. The van der Waals surface area contributed by atoms with Crippen LogP contribution in [-0.2, 0) is 22.6 Å². The monoisotopic (exact) mass is 312 g/mol. The molecule has 1 aromatic carbocycles. The van der Waals surface area contributed by atoms with Gasteiger partial charge in [-0.25, -0.2) is 4.68 Å². The lowest BCUT2D eigenvalue weighted by molar-refractivity contribution is -0.122. The predicted octanol–water partition coefficient (Wildman–Crippen LogP) is 2.13. The summed E-state index contributed by atoms with van der Waals surface area (Å²) in [5.41, 5.74) is 2.74. The van der Waals surface area contributed by atoms with E-state index in [1.807, 2.05) is 38.1 Å². The molecule has 23 heavy (non-hydrogen) atoms. The van der Waals surface area contributed by atoms with Crippen LogP contribution >= 0.6 is 0 Å². The summed E-state index contributed by atoms with van der Waals surface area (Å²) in [5, 5.41) is 7.17. The number of hydrogen-bond acceptors (Lipinski definition) is 3. The summed E-state index contributed by atoms with van der Waals surface area (Å²) in [6.07, 6.45) is 2.26. The number of amides is 2. The zero-order valence-corrected chi connectivity index (χ0v) is 13.5. The normalized spacial score (nSPS) is 16.3. The van der Waals surface area contributed by atoms with Crippen LogP contribution in [-0.4, -0.2) is 27.6 Å². The lowest BCUT2D eigenvalue weighted by atomic mass is 10.1. The van der Waals surface area contributed by atoms with Gasteiger partial charge in [-0.15, -0.1) is 0 Å². The Kier molecular flexibility index (Phi) is 3.90. The molecule has 1 aromatic heterocycles. The van der Waals surface area contributed by atoms with Crippen LogP contribution in [0.15, 0.2) is 30.5 Å². The van der Waals surface area contributed by atoms with Crippen LogP contribution in [0.25, 0.3) is 0 Å². The average molecular weight is 312 g/mol. The van der Waals surface area contributed by atoms with E-state index in [0.717, 1.165) is 16.8 Å². The van der Waals surface area contributed by atoms with E-state index in [1.165, 1.54) is 6.92 Å². The van der Waals surface area contributed by atoms with E-state index < -0.39 is 6.04 Å². The molecule has 1 aliphatic heterocycles. The Morgan fingerprint density at radius 1 is 1.35 bits per heavy atom. The van der Waals surface area contributed by atoms with Crippen molar-refractivity contribution in [2.45, 2.75) is 39.8 Å². The van der Waals surface area contributed by atoms with Gasteiger partial charge in [-0.1, -0.05) is 18.2 Å². The molecule has 0 aliphatic carbocycles. The number of nitrogens with one attached hydrogen (secondary N) is 1. The van der Waals surface area contributed by atoms with E-state index >= 15 is 0 Å². The van der Waals surface area contributed by atoms with Crippen molar-refractivity contribution in [1.82, 2.24) is 9.78 Å². The summed E-state index contributed by atoms with van der Waals surface area (Å²) in [4.78, 5) is 26.4. The first-order chi connectivity index (χ1) is 11.0. The minimum absolute atomic E-state index is 0.129. The first-order valence-electron chi connectivity index (χ1n) is 7.74. The second-order valence-corrected chi connectivity index (χ2v) is 5.72. The Labute approximate surface area is 135 Å². The summed E-state index contributed by atoms with van der Waals surface area (Å²) in [6, 6.07) is 7.12. The molecular weight excluding hydrogens is 292 g/mol. The van der Waals surface area contributed by atoms with Crippen LogP contribution in [0.3, 0.4) is 0 Å². The van der Waals surface area contributed by atoms with E-state index in [-0.39, 0.29) is 11.8 Å². The number of anilines is 2. The molecule has 120 valence electrons. The van der Waals surface area contributed by atoms with Crippen molar-refractivity contribution in [3.63, 3.8) is 0 Å². The molecule has 0 saturated carbocycles. The standard InChI is InChI=1S/C17H20N4O2/c1-4-20-16(11(2)10-18-20)19-17(23)15-9-13-7-5-6-8-14(13)21(15)12(3)22/h5-8,10,15H,4,9H2,1-3H3,(H,19,23)/t15-/m0/s1. The molecule has 6 heteroatoms. The number of carbonyl (C=O) groups is 2. The number of fused-ring (bicyclic) bond motifs is 1. The molecule has 2 amide bonds. The molecular formula is C17H20N4O2. The van der Waals surface area contributed by atoms with Crippen LogP contribution in [0.1, 0.15) is 25.0 Å². The van der Waals surface area contributed by atoms with Gasteiger partial charge < -0.3 is 5.32 Å². The van der Waals surface area contributed by atoms with Crippen molar-refractivity contribution >= 4 is 23.3 Å². The average Bonchev–Trinajstić information content (AvgIpc) is 3.08. The summed E-state index contributed by atoms with van der Waals surface area (Å²) in [5.74, 6) is 0.377. The summed E-state index contributed by atoms with van der Waals surface area (Å²) in [7, 11) is 0. The third-order valence-electron chi connectivity index (χ3n) is 4.18. The van der Waals surface area contributed by atoms with Crippen molar-refractivity contribution in [3.05, 3.63) is 41.6 Å². The van der Waals surface area contributed by atoms with Crippen molar-refractivity contribution in [2.24, 2.45) is 0 Å². The van der Waals surface area contributed by atoms with Crippen LogP contribution in [0.2, 0.25) is 0 Å². The fourth-order valence-corrected chi connectivity index (χ4v) is 3.07. The maximum absolute atomic E-state index is 12.8. The highest BCUT2D eigenvalue weighted by Gasteiger charge is 2.37. The third-order valence-corrected chi connectivity index (χ3v) is 4.18. The Bertz CT molecular complexity index is 766. The lowest BCUT2D eigenvalue weighted by Crippen LogP contribution is -2.44. The number of para-hydroxylation sites is 1. The van der Waals surface area contributed by atoms with Crippen LogP contribution in [0.4, 0.5) is 11.5 Å². The predicted molar refractivity (Wildman–Crippen MR) is 88.4 cm³/mol. The van der Waals surface area contributed by atoms with E-state index in [0.29, 0.717) is 18.8 Å². The molecule has 2 aromatic rings. The van der Waals surface area contributed by atoms with E-state index in [1.54, 1.807) is 15.8 Å². The molecule has 3 rings (SSSR count). The maximum Gasteiger partial charge on any atom is 0.249 e. The van der Waals surface area contributed by atoms with Crippen molar-refractivity contribution in [3.8, 4) is 0 Å². The van der Waals surface area contributed by atoms with Crippen LogP contribution < -0.4 is 10.2 Å². The Morgan fingerprint density at radius 3 is 2.78 bits per heavy atom. The highest BCUT2D eigenvalue weighted by Crippen LogP contribution is 2.32. The molecule has 1 N–H and O–H groups in total. The summed E-state index contributed by atoms with van der Waals surface area (Å²) >= 11 is 0. The van der Waals surface area contributed by atoms with Gasteiger partial charge in [-0.2, -0.15) is 5.10 Å². The van der Waals surface area contributed by atoms with E-state index in [4.69, 9.17) is 0 Å². The number of nitrogens with zero attached hydrogens (tertiary/aromatic N) is 3. The number of aromatic nitrogens is 2. The number of carbonyl (C=O) groups excluding carboxylic acids is 2. The highest BCUT2D eigenvalue weighted by molar-refractivity contribution is 6.06. The zero-order valence-electron chi connectivity index (χ0n) is 13.5.